The minimum absolute atomic E-state index is 0.0766. The van der Waals surface area contributed by atoms with Crippen molar-refractivity contribution >= 4 is 22.7 Å². The summed E-state index contributed by atoms with van der Waals surface area (Å²) in [4.78, 5) is 5.85. The third kappa shape index (κ3) is 2.60. The van der Waals surface area contributed by atoms with Gasteiger partial charge in [0.1, 0.15) is 5.01 Å². The molecule has 4 nitrogen and oxygen atoms in total. The van der Waals surface area contributed by atoms with E-state index in [9.17, 15) is 0 Å². The van der Waals surface area contributed by atoms with Crippen LogP contribution in [-0.4, -0.2) is 19.2 Å². The lowest BCUT2D eigenvalue weighted by molar-refractivity contribution is 0.345. The maximum Gasteiger partial charge on any atom is 0.165 e. The quantitative estimate of drug-likeness (QED) is 0.759. The Kier molecular flexibility index (Phi) is 4.26. The molecule has 0 saturated heterocycles. The summed E-state index contributed by atoms with van der Waals surface area (Å²) in [5.74, 6) is 1.54. The third-order valence-corrected chi connectivity index (χ3v) is 6.24. The van der Waals surface area contributed by atoms with Crippen LogP contribution in [0, 0.1) is 0 Å². The first kappa shape index (κ1) is 15.6. The molecule has 0 radical (unpaired) electrons. The van der Waals surface area contributed by atoms with Crippen LogP contribution in [0.25, 0.3) is 0 Å². The van der Waals surface area contributed by atoms with E-state index in [-0.39, 0.29) is 12.1 Å². The lowest BCUT2D eigenvalue weighted by atomic mass is 9.92. The van der Waals surface area contributed by atoms with Crippen LogP contribution in [0.2, 0.25) is 0 Å². The number of aromatic nitrogens is 1. The van der Waals surface area contributed by atoms with Gasteiger partial charge in [-0.25, -0.2) is 4.98 Å². The molecule has 0 saturated carbocycles. The number of ether oxygens (including phenoxy) is 2. The maximum absolute atomic E-state index is 5.66. The number of para-hydroxylation sites is 1. The predicted molar refractivity (Wildman–Crippen MR) is 97.4 cm³/mol. The van der Waals surface area contributed by atoms with Gasteiger partial charge in [0.25, 0.3) is 0 Å². The summed E-state index contributed by atoms with van der Waals surface area (Å²) in [5.41, 5.74) is 2.48. The maximum atomic E-state index is 5.66. The van der Waals surface area contributed by atoms with Gasteiger partial charge >= 0.3 is 0 Å². The third-order valence-electron chi connectivity index (χ3n) is 4.33. The smallest absolute Gasteiger partial charge is 0.165 e. The topological polar surface area (TPSA) is 43.4 Å². The van der Waals surface area contributed by atoms with E-state index < -0.39 is 0 Å². The average Bonchev–Trinajstić information content (AvgIpc) is 3.31. The van der Waals surface area contributed by atoms with E-state index in [2.05, 4.69) is 27.8 Å². The highest BCUT2D eigenvalue weighted by Gasteiger charge is 2.32. The van der Waals surface area contributed by atoms with Gasteiger partial charge < -0.3 is 9.47 Å². The first-order chi connectivity index (χ1) is 11.8. The van der Waals surface area contributed by atoms with E-state index in [0.717, 1.165) is 28.5 Å². The molecule has 1 aliphatic heterocycles. The van der Waals surface area contributed by atoms with Crippen molar-refractivity contribution in [3.05, 3.63) is 62.2 Å². The van der Waals surface area contributed by atoms with Crippen molar-refractivity contribution < 1.29 is 9.47 Å². The first-order valence-corrected chi connectivity index (χ1v) is 9.50. The fraction of sp³-hybridized carbons (Fsp3) is 0.278. The molecule has 0 spiro atoms. The zero-order valence-corrected chi connectivity index (χ0v) is 15.1. The molecular formula is C18H18N2O2S2. The lowest BCUT2D eigenvalue weighted by Crippen LogP contribution is -2.33. The van der Waals surface area contributed by atoms with Crippen LogP contribution in [0.4, 0.5) is 0 Å². The standard InChI is InChI=1S/C18H18N2O2S2/c1-21-14-5-3-4-12(16(14)22-2)15-17-11(6-8-23-17)10-13(20-15)18-19-7-9-24-18/h3-9,13,15,20H,10H2,1-2H3/t13-,15-/m0/s1. The summed E-state index contributed by atoms with van der Waals surface area (Å²) in [6, 6.07) is 8.56. The van der Waals surface area contributed by atoms with Crippen LogP contribution < -0.4 is 14.8 Å². The Morgan fingerprint density at radius 3 is 2.79 bits per heavy atom. The van der Waals surface area contributed by atoms with Crippen LogP contribution in [0.15, 0.2) is 41.2 Å². The van der Waals surface area contributed by atoms with Crippen molar-refractivity contribution in [2.45, 2.75) is 18.5 Å². The van der Waals surface area contributed by atoms with Crippen molar-refractivity contribution in [1.82, 2.24) is 10.3 Å². The zero-order chi connectivity index (χ0) is 16.5. The van der Waals surface area contributed by atoms with Gasteiger partial charge in [0.05, 0.1) is 26.3 Å². The summed E-state index contributed by atoms with van der Waals surface area (Å²) >= 11 is 3.48. The zero-order valence-electron chi connectivity index (χ0n) is 13.5. The molecule has 24 heavy (non-hydrogen) atoms. The molecule has 3 aromatic rings. The number of methoxy groups -OCH3 is 2. The molecule has 1 aromatic carbocycles. The number of fused-ring (bicyclic) bond motifs is 1. The Balaban J connectivity index is 1.80. The van der Waals surface area contributed by atoms with Gasteiger partial charge in [-0.2, -0.15) is 0 Å². The van der Waals surface area contributed by atoms with Crippen LogP contribution in [0.5, 0.6) is 11.5 Å². The van der Waals surface area contributed by atoms with Gasteiger partial charge in [0.2, 0.25) is 0 Å². The van der Waals surface area contributed by atoms with Crippen molar-refractivity contribution in [3.8, 4) is 11.5 Å². The minimum Gasteiger partial charge on any atom is -0.493 e. The Bertz CT molecular complexity index is 829. The SMILES string of the molecule is COc1cccc([C@@H]2N[C@H](c3nccs3)Cc3ccsc32)c1OC. The van der Waals surface area contributed by atoms with Gasteiger partial charge in [-0.15, -0.1) is 22.7 Å². The van der Waals surface area contributed by atoms with Gasteiger partial charge in [-0.3, -0.25) is 5.32 Å². The summed E-state index contributed by atoms with van der Waals surface area (Å²) < 4.78 is 11.1. The average molecular weight is 358 g/mol. The number of nitrogens with zero attached hydrogens (tertiary/aromatic N) is 1. The number of hydrogen-bond donors (Lipinski definition) is 1. The van der Waals surface area contributed by atoms with Crippen molar-refractivity contribution in [1.29, 1.82) is 0 Å². The number of benzene rings is 1. The molecule has 124 valence electrons. The number of rotatable bonds is 4. The predicted octanol–water partition coefficient (Wildman–Crippen LogP) is 4.20. The Morgan fingerprint density at radius 2 is 2.04 bits per heavy atom. The highest BCUT2D eigenvalue weighted by Crippen LogP contribution is 2.44. The number of hydrogen-bond acceptors (Lipinski definition) is 6. The van der Waals surface area contributed by atoms with Crippen LogP contribution in [0.1, 0.15) is 33.1 Å². The number of thiazole rings is 1. The van der Waals surface area contributed by atoms with E-state index in [4.69, 9.17) is 9.47 Å². The van der Waals surface area contributed by atoms with Crippen LogP contribution in [0.3, 0.4) is 0 Å². The lowest BCUT2D eigenvalue weighted by Gasteiger charge is -2.31. The van der Waals surface area contributed by atoms with Crippen molar-refractivity contribution in [2.24, 2.45) is 0 Å². The molecule has 6 heteroatoms. The van der Waals surface area contributed by atoms with Gasteiger partial charge in [-0.1, -0.05) is 12.1 Å². The molecule has 1 N–H and O–H groups in total. The minimum atomic E-state index is 0.0766. The first-order valence-electron chi connectivity index (χ1n) is 7.74. The molecule has 3 heterocycles. The second kappa shape index (κ2) is 6.55. The Labute approximate surface area is 149 Å². The monoisotopic (exact) mass is 358 g/mol. The molecule has 2 aromatic heterocycles. The molecule has 0 aliphatic carbocycles. The Hall–Kier alpha value is -1.89. The van der Waals surface area contributed by atoms with E-state index >= 15 is 0 Å². The molecule has 2 atom stereocenters. The van der Waals surface area contributed by atoms with Crippen molar-refractivity contribution in [2.75, 3.05) is 14.2 Å². The molecule has 0 amide bonds. The van der Waals surface area contributed by atoms with Gasteiger partial charge in [0.15, 0.2) is 11.5 Å². The fourth-order valence-corrected chi connectivity index (χ4v) is 4.97. The van der Waals surface area contributed by atoms with Gasteiger partial charge in [-0.05, 0) is 29.5 Å². The fourth-order valence-electron chi connectivity index (χ4n) is 3.26. The molecule has 0 bridgehead atoms. The summed E-state index contributed by atoms with van der Waals surface area (Å²) in [6.07, 6.45) is 2.83. The van der Waals surface area contributed by atoms with Crippen LogP contribution >= 0.6 is 22.7 Å². The number of thiophene rings is 1. The molecular weight excluding hydrogens is 340 g/mol. The highest BCUT2D eigenvalue weighted by molar-refractivity contribution is 7.10. The number of nitrogens with one attached hydrogen (secondary N) is 1. The molecule has 1 aliphatic rings. The van der Waals surface area contributed by atoms with E-state index in [1.807, 2.05) is 23.7 Å². The summed E-state index contributed by atoms with van der Waals surface area (Å²) in [7, 11) is 3.36. The largest absolute Gasteiger partial charge is 0.493 e. The highest BCUT2D eigenvalue weighted by atomic mass is 32.1. The second-order valence-corrected chi connectivity index (χ2v) is 7.49. The second-order valence-electron chi connectivity index (χ2n) is 5.62. The van der Waals surface area contributed by atoms with E-state index in [1.165, 1.54) is 10.4 Å². The van der Waals surface area contributed by atoms with Gasteiger partial charge in [0, 0.05) is 22.0 Å². The van der Waals surface area contributed by atoms with Crippen molar-refractivity contribution in [3.63, 3.8) is 0 Å². The van der Waals surface area contributed by atoms with Crippen LogP contribution in [-0.2, 0) is 6.42 Å². The molecule has 0 fully saturated rings. The molecule has 0 unspecified atom stereocenters. The van der Waals surface area contributed by atoms with E-state index in [1.54, 1.807) is 36.9 Å². The normalized spacial score (nSPS) is 19.8. The molecule has 4 rings (SSSR count). The summed E-state index contributed by atoms with van der Waals surface area (Å²) in [6.45, 7) is 0. The Morgan fingerprint density at radius 1 is 1.12 bits per heavy atom. The summed E-state index contributed by atoms with van der Waals surface area (Å²) in [5, 5.41) is 9.08. The van der Waals surface area contributed by atoms with E-state index in [0.29, 0.717) is 0 Å².